The van der Waals surface area contributed by atoms with Gasteiger partial charge in [-0.25, -0.2) is 0 Å². The van der Waals surface area contributed by atoms with Crippen molar-refractivity contribution < 1.29 is 4.74 Å². The van der Waals surface area contributed by atoms with E-state index in [1.165, 1.54) is 0 Å². The highest BCUT2D eigenvalue weighted by Gasteiger charge is 2.38. The number of piperidine rings is 1. The van der Waals surface area contributed by atoms with E-state index < -0.39 is 5.60 Å². The van der Waals surface area contributed by atoms with Gasteiger partial charge in [-0.1, -0.05) is 0 Å². The van der Waals surface area contributed by atoms with E-state index in [1.54, 1.807) is 13.3 Å². The van der Waals surface area contributed by atoms with Gasteiger partial charge in [-0.05, 0) is 18.6 Å². The fourth-order valence-electron chi connectivity index (χ4n) is 2.28. The molecule has 0 unspecified atom stereocenters. The molecule has 1 fully saturated rings. The summed E-state index contributed by atoms with van der Waals surface area (Å²) in [5, 5.41) is 15.7. The number of aromatic nitrogens is 2. The molecule has 6 nitrogen and oxygen atoms in total. The lowest BCUT2D eigenvalue weighted by atomic mass is 9.90. The molecule has 18 heavy (non-hydrogen) atoms. The summed E-state index contributed by atoms with van der Waals surface area (Å²) in [5.41, 5.74) is 6.12. The summed E-state index contributed by atoms with van der Waals surface area (Å²) in [7, 11) is 1.61. The first-order chi connectivity index (χ1) is 8.57. The molecule has 1 aliphatic heterocycles. The normalized spacial score (nSPS) is 18.7. The lowest BCUT2D eigenvalue weighted by Crippen LogP contribution is -2.53. The van der Waals surface area contributed by atoms with Crippen LogP contribution in [0.4, 0.5) is 5.82 Å². The van der Waals surface area contributed by atoms with Crippen molar-refractivity contribution in [3.8, 4) is 0 Å². The second-order valence-electron chi connectivity index (χ2n) is 4.69. The predicted molar refractivity (Wildman–Crippen MR) is 69.9 cm³/mol. The minimum absolute atomic E-state index is 0.111. The number of hydrogen-bond donors (Lipinski definition) is 2. The minimum atomic E-state index is -0.603. The lowest BCUT2D eigenvalue weighted by Gasteiger charge is -2.40. The molecule has 1 aliphatic rings. The lowest BCUT2D eigenvalue weighted by molar-refractivity contribution is 0.0279. The number of nitrogens with one attached hydrogen (secondary N) is 1. The Balaban J connectivity index is 2.09. The van der Waals surface area contributed by atoms with E-state index in [4.69, 9.17) is 15.9 Å². The molecule has 0 radical (unpaired) electrons. The Morgan fingerprint density at radius 3 is 2.67 bits per heavy atom. The van der Waals surface area contributed by atoms with Crippen molar-refractivity contribution in [2.24, 2.45) is 5.73 Å². The van der Waals surface area contributed by atoms with E-state index in [1.807, 2.05) is 13.0 Å². The predicted octanol–water partition coefficient (Wildman–Crippen LogP) is 0.706. The number of hydrogen-bond acceptors (Lipinski definition) is 5. The standard InChI is InChI=1S/C12H19N5O/c1-9-7-10(16-15-8-9)17-5-3-12(18-2,4-6-17)11(13)14/h7-8H,3-6H2,1-2H3,(H3,13,14). The molecule has 0 aromatic carbocycles. The van der Waals surface area contributed by atoms with Crippen molar-refractivity contribution in [3.63, 3.8) is 0 Å². The zero-order valence-corrected chi connectivity index (χ0v) is 10.8. The summed E-state index contributed by atoms with van der Waals surface area (Å²) < 4.78 is 5.44. The number of aryl methyl sites for hydroxylation is 1. The molecule has 1 aromatic rings. The van der Waals surface area contributed by atoms with E-state index >= 15 is 0 Å². The molecule has 0 saturated carbocycles. The Labute approximate surface area is 107 Å². The van der Waals surface area contributed by atoms with Gasteiger partial charge in [0.15, 0.2) is 5.82 Å². The number of methoxy groups -OCH3 is 1. The maximum atomic E-state index is 7.65. The maximum Gasteiger partial charge on any atom is 0.151 e. The van der Waals surface area contributed by atoms with Gasteiger partial charge in [0.05, 0.1) is 6.20 Å². The van der Waals surface area contributed by atoms with E-state index in [2.05, 4.69) is 15.1 Å². The van der Waals surface area contributed by atoms with Crippen LogP contribution in [0.2, 0.25) is 0 Å². The molecule has 98 valence electrons. The zero-order chi connectivity index (χ0) is 13.2. The van der Waals surface area contributed by atoms with Crippen molar-refractivity contribution in [1.29, 1.82) is 5.41 Å². The van der Waals surface area contributed by atoms with Gasteiger partial charge in [-0.3, -0.25) is 5.41 Å². The fourth-order valence-corrected chi connectivity index (χ4v) is 2.28. The van der Waals surface area contributed by atoms with Gasteiger partial charge in [-0.2, -0.15) is 5.10 Å². The summed E-state index contributed by atoms with van der Waals surface area (Å²) in [6.45, 7) is 3.54. The summed E-state index contributed by atoms with van der Waals surface area (Å²) >= 11 is 0. The smallest absolute Gasteiger partial charge is 0.151 e. The second-order valence-corrected chi connectivity index (χ2v) is 4.69. The Hall–Kier alpha value is -1.69. The molecule has 0 spiro atoms. The van der Waals surface area contributed by atoms with Crippen LogP contribution in [0.1, 0.15) is 18.4 Å². The van der Waals surface area contributed by atoms with Crippen molar-refractivity contribution >= 4 is 11.7 Å². The quantitative estimate of drug-likeness (QED) is 0.608. The number of amidine groups is 1. The van der Waals surface area contributed by atoms with Crippen molar-refractivity contribution in [2.75, 3.05) is 25.1 Å². The molecule has 2 rings (SSSR count). The summed E-state index contributed by atoms with van der Waals surface area (Å²) in [6.07, 6.45) is 3.14. The largest absolute Gasteiger partial charge is 0.385 e. The molecule has 6 heteroatoms. The van der Waals surface area contributed by atoms with Crippen molar-refractivity contribution in [2.45, 2.75) is 25.4 Å². The van der Waals surface area contributed by atoms with Crippen LogP contribution < -0.4 is 10.6 Å². The molecule has 0 amide bonds. The van der Waals surface area contributed by atoms with Crippen LogP contribution in [0.5, 0.6) is 0 Å². The second kappa shape index (κ2) is 4.89. The first-order valence-corrected chi connectivity index (χ1v) is 6.01. The van der Waals surface area contributed by atoms with Crippen LogP contribution in [0.25, 0.3) is 0 Å². The highest BCUT2D eigenvalue weighted by Crippen LogP contribution is 2.27. The van der Waals surface area contributed by atoms with E-state index in [0.717, 1.165) is 24.5 Å². The number of rotatable bonds is 3. The van der Waals surface area contributed by atoms with Crippen LogP contribution >= 0.6 is 0 Å². The van der Waals surface area contributed by atoms with Crippen LogP contribution in [-0.4, -0.2) is 41.8 Å². The van der Waals surface area contributed by atoms with E-state index in [0.29, 0.717) is 12.8 Å². The number of ether oxygens (including phenoxy) is 1. The van der Waals surface area contributed by atoms with Crippen LogP contribution in [-0.2, 0) is 4.74 Å². The average molecular weight is 249 g/mol. The van der Waals surface area contributed by atoms with Crippen molar-refractivity contribution in [3.05, 3.63) is 17.8 Å². The summed E-state index contributed by atoms with van der Waals surface area (Å²) in [6, 6.07) is 2.01. The molecule has 0 aliphatic carbocycles. The molecule has 0 atom stereocenters. The average Bonchev–Trinajstić information content (AvgIpc) is 2.38. The van der Waals surface area contributed by atoms with Gasteiger partial charge in [0.2, 0.25) is 0 Å². The van der Waals surface area contributed by atoms with Gasteiger partial charge >= 0.3 is 0 Å². The molecule has 3 N–H and O–H groups in total. The molecular formula is C12H19N5O. The highest BCUT2D eigenvalue weighted by molar-refractivity contribution is 5.86. The Morgan fingerprint density at radius 2 is 2.17 bits per heavy atom. The highest BCUT2D eigenvalue weighted by atomic mass is 16.5. The number of nitrogens with zero attached hydrogens (tertiary/aromatic N) is 3. The Bertz CT molecular complexity index is 440. The van der Waals surface area contributed by atoms with E-state index in [9.17, 15) is 0 Å². The monoisotopic (exact) mass is 249 g/mol. The van der Waals surface area contributed by atoms with Gasteiger partial charge in [0, 0.05) is 33.0 Å². The third kappa shape index (κ3) is 2.28. The van der Waals surface area contributed by atoms with Gasteiger partial charge < -0.3 is 15.4 Å². The fraction of sp³-hybridized carbons (Fsp3) is 0.583. The van der Waals surface area contributed by atoms with Gasteiger partial charge in [0.1, 0.15) is 11.4 Å². The van der Waals surface area contributed by atoms with Gasteiger partial charge in [-0.15, -0.1) is 5.10 Å². The first kappa shape index (κ1) is 12.8. The molecule has 2 heterocycles. The molecule has 1 saturated heterocycles. The van der Waals surface area contributed by atoms with Crippen LogP contribution in [0.15, 0.2) is 12.3 Å². The molecule has 0 bridgehead atoms. The third-order valence-electron chi connectivity index (χ3n) is 3.56. The molecule has 1 aromatic heterocycles. The van der Waals surface area contributed by atoms with Gasteiger partial charge in [0.25, 0.3) is 0 Å². The van der Waals surface area contributed by atoms with Crippen LogP contribution in [0.3, 0.4) is 0 Å². The summed E-state index contributed by atoms with van der Waals surface area (Å²) in [5.74, 6) is 0.989. The SMILES string of the molecule is COC1(C(=N)N)CCN(c2cc(C)cnn2)CC1. The number of nitrogens with two attached hydrogens (primary N) is 1. The maximum absolute atomic E-state index is 7.65. The van der Waals surface area contributed by atoms with E-state index in [-0.39, 0.29) is 5.84 Å². The van der Waals surface area contributed by atoms with Crippen LogP contribution in [0, 0.1) is 12.3 Å². The third-order valence-corrected chi connectivity index (χ3v) is 3.56. The topological polar surface area (TPSA) is 88.1 Å². The van der Waals surface area contributed by atoms with Crippen molar-refractivity contribution in [1.82, 2.24) is 10.2 Å². The minimum Gasteiger partial charge on any atom is -0.385 e. The summed E-state index contributed by atoms with van der Waals surface area (Å²) in [4.78, 5) is 2.15. The Kier molecular flexibility index (Phi) is 3.47. The first-order valence-electron chi connectivity index (χ1n) is 6.01. The number of anilines is 1. The zero-order valence-electron chi connectivity index (χ0n) is 10.8. The Morgan fingerprint density at radius 1 is 1.50 bits per heavy atom. The molecular weight excluding hydrogens is 230 g/mol.